The number of carbonyl (C=O) groups excluding carboxylic acids is 1. The Balaban J connectivity index is 1.71. The van der Waals surface area contributed by atoms with E-state index in [0.29, 0.717) is 24.8 Å². The van der Waals surface area contributed by atoms with Crippen molar-refractivity contribution >= 4 is 17.9 Å². The molecule has 0 aromatic heterocycles. The third-order valence-electron chi connectivity index (χ3n) is 9.12. The van der Waals surface area contributed by atoms with E-state index in [2.05, 4.69) is 16.9 Å². The zero-order valence-electron chi connectivity index (χ0n) is 28.3. The third kappa shape index (κ3) is 10.2. The average molecular weight is 723 g/mol. The van der Waals surface area contributed by atoms with Gasteiger partial charge in [0.15, 0.2) is 12.2 Å². The number of carboxylic acids is 1. The molecule has 0 spiro atoms. The first-order chi connectivity index (χ1) is 24.5. The molecule has 0 aromatic rings. The number of nitrogens with zero attached hydrogens (tertiary/aromatic N) is 2. The maximum Gasteiger partial charge on any atom is 0.338 e. The molecule has 8 atom stereocenters. The van der Waals surface area contributed by atoms with Crippen molar-refractivity contribution in [2.45, 2.75) is 81.6 Å². The van der Waals surface area contributed by atoms with Gasteiger partial charge in [-0.3, -0.25) is 4.99 Å². The van der Waals surface area contributed by atoms with Crippen LogP contribution in [0.4, 0.5) is 0 Å². The molecule has 10 N–H and O–H groups in total. The summed E-state index contributed by atoms with van der Waals surface area (Å²) in [5.41, 5.74) is 6.53. The minimum Gasteiger partial charge on any atom is -0.478 e. The number of hydrogen-bond donors (Lipinski definition) is 9. The monoisotopic (exact) mass is 722 g/mol. The van der Waals surface area contributed by atoms with Crippen LogP contribution in [0.5, 0.6) is 0 Å². The molecule has 284 valence electrons. The average Bonchev–Trinajstić information content (AvgIpc) is 3.12. The van der Waals surface area contributed by atoms with Gasteiger partial charge in [-0.15, -0.1) is 6.58 Å². The van der Waals surface area contributed by atoms with Gasteiger partial charge in [-0.1, -0.05) is 24.6 Å². The van der Waals surface area contributed by atoms with Crippen LogP contribution in [0.15, 0.2) is 64.7 Å². The Morgan fingerprint density at radius 2 is 1.82 bits per heavy atom. The number of esters is 1. The number of allylic oxidation sites excluding steroid dienone is 2. The van der Waals surface area contributed by atoms with Crippen molar-refractivity contribution in [1.29, 1.82) is 0 Å². The molecule has 0 bridgehead atoms. The van der Waals surface area contributed by atoms with Crippen molar-refractivity contribution in [2.75, 3.05) is 39.5 Å². The molecule has 0 aromatic carbocycles. The van der Waals surface area contributed by atoms with Crippen LogP contribution < -0.4 is 11.1 Å². The van der Waals surface area contributed by atoms with Crippen molar-refractivity contribution < 1.29 is 64.3 Å². The van der Waals surface area contributed by atoms with Gasteiger partial charge in [-0.2, -0.15) is 0 Å². The normalized spacial score (nSPS) is 30.8. The van der Waals surface area contributed by atoms with Crippen molar-refractivity contribution in [3.05, 3.63) is 59.7 Å². The highest BCUT2D eigenvalue weighted by Gasteiger charge is 2.47. The van der Waals surface area contributed by atoms with Gasteiger partial charge in [-0.05, 0) is 32.1 Å². The molecule has 3 heterocycles. The third-order valence-corrected chi connectivity index (χ3v) is 9.12. The van der Waals surface area contributed by atoms with Gasteiger partial charge in [0.1, 0.15) is 30.5 Å². The molecule has 0 radical (unpaired) electrons. The lowest BCUT2D eigenvalue weighted by atomic mass is 9.83. The molecular weight excluding hydrogens is 672 g/mol. The molecule has 51 heavy (non-hydrogen) atoms. The zero-order valence-corrected chi connectivity index (χ0v) is 28.3. The van der Waals surface area contributed by atoms with Crippen LogP contribution in [0.2, 0.25) is 0 Å². The van der Waals surface area contributed by atoms with Crippen molar-refractivity contribution in [1.82, 2.24) is 10.2 Å². The number of ether oxygens (including phenoxy) is 4. The van der Waals surface area contributed by atoms with E-state index in [1.165, 1.54) is 12.3 Å². The Morgan fingerprint density at radius 1 is 1.08 bits per heavy atom. The van der Waals surface area contributed by atoms with E-state index in [-0.39, 0.29) is 61.8 Å². The molecule has 3 aliphatic heterocycles. The molecule has 4 aliphatic rings. The van der Waals surface area contributed by atoms with Crippen LogP contribution in [-0.4, -0.2) is 141 Å². The predicted octanol–water partition coefficient (Wildman–Crippen LogP) is -1.29. The summed E-state index contributed by atoms with van der Waals surface area (Å²) in [5, 5.41) is 72.6. The number of nitrogens with one attached hydrogen (secondary N) is 1. The lowest BCUT2D eigenvalue weighted by molar-refractivity contribution is -0.338. The smallest absolute Gasteiger partial charge is 0.338 e. The summed E-state index contributed by atoms with van der Waals surface area (Å²) in [6.45, 7) is 3.10. The molecule has 4 rings (SSSR count). The predicted molar refractivity (Wildman–Crippen MR) is 180 cm³/mol. The summed E-state index contributed by atoms with van der Waals surface area (Å²) in [6.07, 6.45) is 2.66. The van der Waals surface area contributed by atoms with Gasteiger partial charge in [0.25, 0.3) is 0 Å². The quantitative estimate of drug-likeness (QED) is 0.0313. The highest BCUT2D eigenvalue weighted by atomic mass is 16.8. The van der Waals surface area contributed by atoms with Gasteiger partial charge in [-0.25, -0.2) is 9.59 Å². The highest BCUT2D eigenvalue weighted by molar-refractivity contribution is 5.92. The maximum atomic E-state index is 13.7. The van der Waals surface area contributed by atoms with E-state index in [4.69, 9.17) is 29.8 Å². The van der Waals surface area contributed by atoms with Crippen LogP contribution in [0.3, 0.4) is 0 Å². The number of hydrogen-bond acceptors (Lipinski definition) is 14. The molecular formula is C34H50N4O13. The summed E-state index contributed by atoms with van der Waals surface area (Å²) in [5.74, 6) is -3.72. The summed E-state index contributed by atoms with van der Waals surface area (Å²) < 4.78 is 23.2. The van der Waals surface area contributed by atoms with Crippen LogP contribution in [0.1, 0.15) is 38.5 Å². The Kier molecular flexibility index (Phi) is 15.0. The molecule has 1 saturated carbocycles. The van der Waals surface area contributed by atoms with Gasteiger partial charge in [0.05, 0.1) is 48.8 Å². The van der Waals surface area contributed by atoms with Crippen LogP contribution in [0.25, 0.3) is 0 Å². The Labute approximate surface area is 295 Å². The summed E-state index contributed by atoms with van der Waals surface area (Å²) in [4.78, 5) is 31.9. The van der Waals surface area contributed by atoms with Gasteiger partial charge < -0.3 is 70.6 Å². The number of guanidine groups is 1. The molecule has 17 heteroatoms. The fraction of sp³-hybridized carbons (Fsp3) is 0.618. The van der Waals surface area contributed by atoms with Crippen molar-refractivity contribution in [3.8, 4) is 0 Å². The molecule has 2 fully saturated rings. The molecule has 1 aliphatic carbocycles. The lowest BCUT2D eigenvalue weighted by Crippen LogP contribution is -2.60. The number of carboxylic acid groups (broad SMARTS) is 1. The molecule has 1 saturated heterocycles. The fourth-order valence-corrected chi connectivity index (χ4v) is 6.33. The number of aliphatic imine (C=N–C) groups is 1. The minimum absolute atomic E-state index is 0.0695. The number of aliphatic carboxylic acids is 1. The number of aliphatic hydroxyl groups excluding tert-OH is 6. The lowest BCUT2D eigenvalue weighted by Gasteiger charge is -2.42. The van der Waals surface area contributed by atoms with Crippen LogP contribution in [-0.2, 0) is 28.5 Å². The second-order valence-electron chi connectivity index (χ2n) is 12.7. The Hall–Kier alpha value is -3.81. The van der Waals surface area contributed by atoms with Gasteiger partial charge in [0, 0.05) is 37.4 Å². The van der Waals surface area contributed by atoms with E-state index in [9.17, 15) is 40.2 Å². The van der Waals surface area contributed by atoms with Crippen LogP contribution in [0, 0.1) is 11.8 Å². The second-order valence-corrected chi connectivity index (χ2v) is 12.7. The SMILES string of the molecule is C=CC1C(OC2OC(CO)C(O)C(O)C2O)OC=C(C(=O)OC2CCCCC2)C1C=CC1=CN(CCO)CC(C(=O)O)=C1NC(N)=NCCCO. The fourth-order valence-electron chi connectivity index (χ4n) is 6.33. The first kappa shape index (κ1) is 40.0. The Morgan fingerprint density at radius 3 is 2.47 bits per heavy atom. The topological polar surface area (TPSA) is 266 Å². The standard InChI is InChI=1S/C34H50N4O13/c1-2-21-22(10-9-19-15-38(12-14-40)16-23(30(45)46)26(19)37-34(35)36-11-6-13-39)24(31(47)49-20-7-4-3-5-8-20)18-48-32(21)51-33-29(44)28(43)27(42)25(17-41)50-33/h2,9-10,15,18,20-22,25,27-29,32-33,39-44H,1,3-8,11-14,16-17H2,(H,45,46)(H3,35,36,37). The minimum atomic E-state index is -1.73. The number of carbonyl (C=O) groups is 2. The molecule has 17 nitrogen and oxygen atoms in total. The summed E-state index contributed by atoms with van der Waals surface area (Å²) in [6, 6.07) is 0. The van der Waals surface area contributed by atoms with E-state index in [1.807, 2.05) is 0 Å². The van der Waals surface area contributed by atoms with E-state index >= 15 is 0 Å². The first-order valence-corrected chi connectivity index (χ1v) is 17.1. The first-order valence-electron chi connectivity index (χ1n) is 17.1. The van der Waals surface area contributed by atoms with E-state index in [0.717, 1.165) is 19.3 Å². The van der Waals surface area contributed by atoms with Gasteiger partial charge >= 0.3 is 11.9 Å². The molecule has 8 unspecified atom stereocenters. The summed E-state index contributed by atoms with van der Waals surface area (Å²) in [7, 11) is 0. The number of rotatable bonds is 15. The number of β-amino-alcohol motifs (C(OH)–C–C–N with tert-alkyl or cyclic N) is 1. The largest absolute Gasteiger partial charge is 0.478 e. The zero-order chi connectivity index (χ0) is 37.1. The van der Waals surface area contributed by atoms with Gasteiger partial charge in [0.2, 0.25) is 6.29 Å². The number of nitrogens with two attached hydrogens (primary N) is 1. The summed E-state index contributed by atoms with van der Waals surface area (Å²) >= 11 is 0. The Bertz CT molecular complexity index is 1370. The maximum absolute atomic E-state index is 13.7. The van der Waals surface area contributed by atoms with E-state index in [1.54, 1.807) is 23.3 Å². The highest BCUT2D eigenvalue weighted by Crippen LogP contribution is 2.37. The van der Waals surface area contributed by atoms with Crippen LogP contribution >= 0.6 is 0 Å². The molecule has 0 amide bonds. The number of aliphatic hydroxyl groups is 6. The van der Waals surface area contributed by atoms with Crippen molar-refractivity contribution in [2.24, 2.45) is 22.6 Å². The van der Waals surface area contributed by atoms with Crippen molar-refractivity contribution in [3.63, 3.8) is 0 Å². The van der Waals surface area contributed by atoms with E-state index < -0.39 is 67.4 Å². The second kappa shape index (κ2) is 19.1.